The van der Waals surface area contributed by atoms with E-state index in [1.807, 2.05) is 13.8 Å². The van der Waals surface area contributed by atoms with Crippen LogP contribution in [0.3, 0.4) is 0 Å². The number of nitriles is 1. The molecule has 0 saturated heterocycles. The molecule has 98 valence electrons. The first-order valence-electron chi connectivity index (χ1n) is 6.45. The minimum atomic E-state index is 0.426. The molecule has 0 saturated carbocycles. The van der Waals surface area contributed by atoms with Gasteiger partial charge in [-0.05, 0) is 43.4 Å². The van der Waals surface area contributed by atoms with E-state index in [2.05, 4.69) is 48.4 Å². The summed E-state index contributed by atoms with van der Waals surface area (Å²) in [7, 11) is 0. The van der Waals surface area contributed by atoms with Gasteiger partial charge in [-0.1, -0.05) is 31.2 Å². The van der Waals surface area contributed by atoms with Crippen molar-refractivity contribution in [2.75, 3.05) is 0 Å². The lowest BCUT2D eigenvalue weighted by Gasteiger charge is -2.11. The van der Waals surface area contributed by atoms with Crippen LogP contribution >= 0.6 is 0 Å². The van der Waals surface area contributed by atoms with Crippen LogP contribution in [0, 0.1) is 31.1 Å². The van der Waals surface area contributed by atoms with E-state index < -0.39 is 0 Å². The van der Waals surface area contributed by atoms with Crippen molar-refractivity contribution in [2.45, 2.75) is 34.1 Å². The van der Waals surface area contributed by atoms with Gasteiger partial charge in [0.25, 0.3) is 0 Å². The van der Waals surface area contributed by atoms with Gasteiger partial charge in [-0.15, -0.1) is 5.10 Å². The molecule has 0 aliphatic carbocycles. The molecule has 1 heterocycles. The van der Waals surface area contributed by atoms with Crippen molar-refractivity contribution in [1.29, 1.82) is 5.26 Å². The summed E-state index contributed by atoms with van der Waals surface area (Å²) < 4.78 is 1.81. The van der Waals surface area contributed by atoms with E-state index in [9.17, 15) is 0 Å². The Morgan fingerprint density at radius 3 is 2.68 bits per heavy atom. The minimum absolute atomic E-state index is 0.426. The molecule has 4 heteroatoms. The van der Waals surface area contributed by atoms with Crippen LogP contribution in [0.1, 0.15) is 36.4 Å². The SMILES string of the molecule is Cc1ccc(C)c(-n2nnc(C#N)c2CC(C)C)c1. The van der Waals surface area contributed by atoms with Crippen LogP contribution in [-0.2, 0) is 6.42 Å². The minimum Gasteiger partial charge on any atom is -0.216 e. The second-order valence-electron chi connectivity index (χ2n) is 5.30. The molecule has 2 aromatic rings. The normalized spacial score (nSPS) is 10.7. The number of hydrogen-bond donors (Lipinski definition) is 0. The molecule has 0 bridgehead atoms. The first-order valence-corrected chi connectivity index (χ1v) is 6.45. The quantitative estimate of drug-likeness (QED) is 0.846. The predicted octanol–water partition coefficient (Wildman–Crippen LogP) is 2.95. The molecule has 0 radical (unpaired) electrons. The van der Waals surface area contributed by atoms with E-state index in [-0.39, 0.29) is 0 Å². The van der Waals surface area contributed by atoms with Gasteiger partial charge in [0.15, 0.2) is 5.69 Å². The van der Waals surface area contributed by atoms with Gasteiger partial charge < -0.3 is 0 Å². The summed E-state index contributed by atoms with van der Waals surface area (Å²) in [5.41, 5.74) is 4.63. The van der Waals surface area contributed by atoms with Gasteiger partial charge in [-0.3, -0.25) is 0 Å². The second-order valence-corrected chi connectivity index (χ2v) is 5.30. The Morgan fingerprint density at radius 1 is 1.32 bits per heavy atom. The third-order valence-electron chi connectivity index (χ3n) is 3.06. The van der Waals surface area contributed by atoms with Crippen LogP contribution in [0.4, 0.5) is 0 Å². The number of aromatic nitrogens is 3. The molecule has 1 aromatic heterocycles. The summed E-state index contributed by atoms with van der Waals surface area (Å²) >= 11 is 0. The Hall–Kier alpha value is -2.15. The van der Waals surface area contributed by atoms with E-state index in [0.717, 1.165) is 23.4 Å². The molecular formula is C15H18N4. The van der Waals surface area contributed by atoms with Gasteiger partial charge >= 0.3 is 0 Å². The van der Waals surface area contributed by atoms with Crippen LogP contribution in [0.2, 0.25) is 0 Å². The van der Waals surface area contributed by atoms with Crippen molar-refractivity contribution >= 4 is 0 Å². The first-order chi connectivity index (χ1) is 9.02. The monoisotopic (exact) mass is 254 g/mol. The highest BCUT2D eigenvalue weighted by molar-refractivity contribution is 5.44. The highest BCUT2D eigenvalue weighted by atomic mass is 15.4. The molecule has 0 spiro atoms. The van der Waals surface area contributed by atoms with E-state index in [1.54, 1.807) is 4.68 Å². The fourth-order valence-electron chi connectivity index (χ4n) is 2.10. The van der Waals surface area contributed by atoms with Gasteiger partial charge in [0.2, 0.25) is 0 Å². The highest BCUT2D eigenvalue weighted by Gasteiger charge is 2.16. The lowest BCUT2D eigenvalue weighted by Crippen LogP contribution is -2.08. The van der Waals surface area contributed by atoms with E-state index in [4.69, 9.17) is 5.26 Å². The maximum Gasteiger partial charge on any atom is 0.186 e. The maximum atomic E-state index is 9.15. The summed E-state index contributed by atoms with van der Waals surface area (Å²) in [4.78, 5) is 0. The zero-order valence-electron chi connectivity index (χ0n) is 11.8. The van der Waals surface area contributed by atoms with E-state index in [1.165, 1.54) is 5.56 Å². The summed E-state index contributed by atoms with van der Waals surface area (Å²) in [6.07, 6.45) is 0.795. The van der Waals surface area contributed by atoms with Crippen LogP contribution in [0.15, 0.2) is 18.2 Å². The maximum absolute atomic E-state index is 9.15. The Balaban J connectivity index is 2.59. The summed E-state index contributed by atoms with van der Waals surface area (Å²) in [5.74, 6) is 0.453. The predicted molar refractivity (Wildman–Crippen MR) is 74.1 cm³/mol. The first kappa shape index (κ1) is 13.3. The third kappa shape index (κ3) is 2.65. The van der Waals surface area contributed by atoms with Crippen molar-refractivity contribution in [3.63, 3.8) is 0 Å². The number of aryl methyl sites for hydroxylation is 2. The molecule has 0 aliphatic heterocycles. The molecule has 0 N–H and O–H groups in total. The van der Waals surface area contributed by atoms with E-state index in [0.29, 0.717) is 11.6 Å². The van der Waals surface area contributed by atoms with E-state index >= 15 is 0 Å². The lowest BCUT2D eigenvalue weighted by atomic mass is 10.1. The second kappa shape index (κ2) is 5.23. The van der Waals surface area contributed by atoms with Crippen molar-refractivity contribution in [3.8, 4) is 11.8 Å². The number of nitrogens with zero attached hydrogens (tertiary/aromatic N) is 4. The standard InChI is InChI=1S/C15H18N4/c1-10(2)7-15-13(9-16)17-18-19(15)14-8-11(3)5-6-12(14)4/h5-6,8,10H,7H2,1-4H3. The molecule has 0 aliphatic rings. The lowest BCUT2D eigenvalue weighted by molar-refractivity contribution is 0.613. The van der Waals surface area contributed by atoms with Crippen LogP contribution in [-0.4, -0.2) is 15.0 Å². The average Bonchev–Trinajstić information content (AvgIpc) is 2.74. The van der Waals surface area contributed by atoms with Crippen LogP contribution in [0.5, 0.6) is 0 Å². The molecule has 2 rings (SSSR count). The Bertz CT molecular complexity index is 632. The smallest absolute Gasteiger partial charge is 0.186 e. The van der Waals surface area contributed by atoms with Gasteiger partial charge in [-0.25, -0.2) is 4.68 Å². The van der Waals surface area contributed by atoms with Gasteiger partial charge in [0, 0.05) is 0 Å². The third-order valence-corrected chi connectivity index (χ3v) is 3.06. The molecule has 19 heavy (non-hydrogen) atoms. The fourth-order valence-corrected chi connectivity index (χ4v) is 2.10. The topological polar surface area (TPSA) is 54.5 Å². The molecule has 0 fully saturated rings. The fraction of sp³-hybridized carbons (Fsp3) is 0.400. The van der Waals surface area contributed by atoms with Crippen molar-refractivity contribution in [2.24, 2.45) is 5.92 Å². The van der Waals surface area contributed by atoms with Crippen molar-refractivity contribution < 1.29 is 0 Å². The molecule has 4 nitrogen and oxygen atoms in total. The zero-order chi connectivity index (χ0) is 14.0. The molecule has 1 aromatic carbocycles. The number of benzene rings is 1. The Labute approximate surface area is 113 Å². The highest BCUT2D eigenvalue weighted by Crippen LogP contribution is 2.20. The van der Waals surface area contributed by atoms with Crippen LogP contribution in [0.25, 0.3) is 5.69 Å². The number of rotatable bonds is 3. The van der Waals surface area contributed by atoms with Gasteiger partial charge in [0.05, 0.1) is 11.4 Å². The molecule has 0 amide bonds. The number of hydrogen-bond acceptors (Lipinski definition) is 3. The van der Waals surface area contributed by atoms with Crippen molar-refractivity contribution in [1.82, 2.24) is 15.0 Å². The molecule has 0 unspecified atom stereocenters. The zero-order valence-corrected chi connectivity index (χ0v) is 11.8. The molecule has 0 atom stereocenters. The summed E-state index contributed by atoms with van der Waals surface area (Å²) in [5, 5.41) is 17.3. The van der Waals surface area contributed by atoms with Crippen molar-refractivity contribution in [3.05, 3.63) is 40.7 Å². The Morgan fingerprint density at radius 2 is 2.05 bits per heavy atom. The van der Waals surface area contributed by atoms with Gasteiger partial charge in [-0.2, -0.15) is 5.26 Å². The summed E-state index contributed by atoms with van der Waals surface area (Å²) in [6, 6.07) is 8.35. The average molecular weight is 254 g/mol. The molecular weight excluding hydrogens is 236 g/mol. The summed E-state index contributed by atoms with van der Waals surface area (Å²) in [6.45, 7) is 8.35. The largest absolute Gasteiger partial charge is 0.216 e. The Kier molecular flexibility index (Phi) is 3.66. The van der Waals surface area contributed by atoms with Crippen LogP contribution < -0.4 is 0 Å². The van der Waals surface area contributed by atoms with Gasteiger partial charge in [0.1, 0.15) is 6.07 Å².